The normalized spacial score (nSPS) is 10.8. The first-order valence-corrected chi connectivity index (χ1v) is 6.29. The van der Waals surface area contributed by atoms with Crippen molar-refractivity contribution >= 4 is 23.3 Å². The van der Waals surface area contributed by atoms with Crippen LogP contribution in [0.1, 0.15) is 16.1 Å². The maximum atomic E-state index is 13.6. The van der Waals surface area contributed by atoms with E-state index in [2.05, 4.69) is 15.5 Å². The van der Waals surface area contributed by atoms with E-state index in [4.69, 9.17) is 11.6 Å². The van der Waals surface area contributed by atoms with Crippen LogP contribution in [0.25, 0.3) is 0 Å². The first-order valence-electron chi connectivity index (χ1n) is 5.91. The van der Waals surface area contributed by atoms with Crippen LogP contribution in [0.4, 0.5) is 10.2 Å². The van der Waals surface area contributed by atoms with Crippen LogP contribution in [0, 0.1) is 5.82 Å². The molecule has 0 saturated carbocycles. The molecule has 20 heavy (non-hydrogen) atoms. The van der Waals surface area contributed by atoms with Gasteiger partial charge in [0.15, 0.2) is 5.82 Å². The molecule has 0 fully saturated rings. The molecule has 1 aromatic carbocycles. The molecule has 106 valence electrons. The molecular weight excluding hydrogens is 283 g/mol. The maximum absolute atomic E-state index is 13.6. The smallest absolute Gasteiger partial charge is 0.261 e. The predicted molar refractivity (Wildman–Crippen MR) is 75.3 cm³/mol. The fraction of sp³-hybridized carbons (Fsp3) is 0.231. The molecule has 0 bridgehead atoms. The van der Waals surface area contributed by atoms with E-state index >= 15 is 0 Å². The lowest BCUT2D eigenvalue weighted by Gasteiger charge is -2.06. The minimum absolute atomic E-state index is 0.0616. The Bertz CT molecular complexity index is 606. The fourth-order valence-corrected chi connectivity index (χ4v) is 1.99. The highest BCUT2D eigenvalue weighted by atomic mass is 35.5. The Morgan fingerprint density at radius 1 is 1.50 bits per heavy atom. The van der Waals surface area contributed by atoms with E-state index < -0.39 is 11.7 Å². The maximum Gasteiger partial charge on any atom is 0.261 e. The Labute approximate surface area is 120 Å². The Balaban J connectivity index is 2.14. The van der Waals surface area contributed by atoms with Crippen molar-refractivity contribution in [2.24, 2.45) is 0 Å². The summed E-state index contributed by atoms with van der Waals surface area (Å²) in [5, 5.41) is 9.31. The van der Waals surface area contributed by atoms with Gasteiger partial charge in [0.05, 0.1) is 16.3 Å². The molecule has 1 aromatic heterocycles. The number of hydrogen-bond donors (Lipinski definition) is 2. The number of H-pyrrole nitrogens is 1. The largest absolute Gasteiger partial charge is 0.305 e. The van der Waals surface area contributed by atoms with Crippen LogP contribution in [0.2, 0.25) is 5.02 Å². The zero-order valence-corrected chi connectivity index (χ0v) is 11.8. The number of aromatic nitrogens is 2. The molecule has 7 heteroatoms. The molecule has 2 rings (SSSR count). The number of carbonyl (C=O) groups is 1. The molecule has 0 aliphatic rings. The number of aromatic amines is 1. The third-order valence-corrected chi connectivity index (χ3v) is 2.86. The fourth-order valence-electron chi connectivity index (χ4n) is 1.74. The molecule has 2 aromatic rings. The van der Waals surface area contributed by atoms with Gasteiger partial charge in [-0.3, -0.25) is 9.89 Å². The average Bonchev–Trinajstić information content (AvgIpc) is 2.75. The first kappa shape index (κ1) is 14.5. The van der Waals surface area contributed by atoms with E-state index in [9.17, 15) is 9.18 Å². The summed E-state index contributed by atoms with van der Waals surface area (Å²) in [7, 11) is 3.83. The van der Waals surface area contributed by atoms with Crippen molar-refractivity contribution in [2.45, 2.75) is 6.54 Å². The van der Waals surface area contributed by atoms with E-state index in [-0.39, 0.29) is 10.6 Å². The number of rotatable bonds is 4. The summed E-state index contributed by atoms with van der Waals surface area (Å²) in [5.74, 6) is -0.971. The summed E-state index contributed by atoms with van der Waals surface area (Å²) in [6.45, 7) is 0.656. The van der Waals surface area contributed by atoms with E-state index in [1.165, 1.54) is 18.2 Å². The summed E-state index contributed by atoms with van der Waals surface area (Å²) < 4.78 is 13.6. The van der Waals surface area contributed by atoms with Gasteiger partial charge in [0.25, 0.3) is 5.91 Å². The number of amides is 1. The Kier molecular flexibility index (Phi) is 4.36. The molecule has 0 saturated heterocycles. The zero-order valence-electron chi connectivity index (χ0n) is 11.1. The minimum atomic E-state index is -0.668. The van der Waals surface area contributed by atoms with E-state index in [0.29, 0.717) is 12.4 Å². The van der Waals surface area contributed by atoms with Gasteiger partial charge in [-0.05, 0) is 26.2 Å². The van der Waals surface area contributed by atoms with Gasteiger partial charge >= 0.3 is 0 Å². The van der Waals surface area contributed by atoms with E-state index in [1.54, 1.807) is 6.07 Å². The Hall–Kier alpha value is -1.92. The predicted octanol–water partition coefficient (Wildman–Crippen LogP) is 2.52. The molecule has 5 nitrogen and oxygen atoms in total. The first-order chi connectivity index (χ1) is 9.47. The number of halogens is 2. The lowest BCUT2D eigenvalue weighted by molar-refractivity contribution is 0.102. The standard InChI is InChI=1S/C13H14ClFN4O/c1-19(2)7-8-6-11(18-17-8)16-13(20)12-9(14)4-3-5-10(12)15/h3-6H,7H2,1-2H3,(H2,16,17,18,20). The van der Waals surface area contributed by atoms with Crippen molar-refractivity contribution in [3.63, 3.8) is 0 Å². The second-order valence-corrected chi connectivity index (χ2v) is 4.97. The highest BCUT2D eigenvalue weighted by molar-refractivity contribution is 6.34. The molecule has 1 amide bonds. The van der Waals surface area contributed by atoms with Crippen molar-refractivity contribution in [1.82, 2.24) is 15.1 Å². The highest BCUT2D eigenvalue weighted by Crippen LogP contribution is 2.20. The Morgan fingerprint density at radius 3 is 2.90 bits per heavy atom. The van der Waals surface area contributed by atoms with Crippen molar-refractivity contribution in [3.8, 4) is 0 Å². The van der Waals surface area contributed by atoms with Crippen LogP contribution >= 0.6 is 11.6 Å². The molecule has 0 atom stereocenters. The highest BCUT2D eigenvalue weighted by Gasteiger charge is 2.16. The van der Waals surface area contributed by atoms with Crippen molar-refractivity contribution in [1.29, 1.82) is 0 Å². The Morgan fingerprint density at radius 2 is 2.25 bits per heavy atom. The molecule has 0 aliphatic heterocycles. The zero-order chi connectivity index (χ0) is 14.7. The topological polar surface area (TPSA) is 61.0 Å². The summed E-state index contributed by atoms with van der Waals surface area (Å²) in [5.41, 5.74) is 0.649. The molecule has 1 heterocycles. The monoisotopic (exact) mass is 296 g/mol. The van der Waals surface area contributed by atoms with Gasteiger partial charge < -0.3 is 10.2 Å². The van der Waals surface area contributed by atoms with E-state index in [1.807, 2.05) is 19.0 Å². The number of carbonyl (C=O) groups excluding carboxylic acids is 1. The number of nitrogens with zero attached hydrogens (tertiary/aromatic N) is 2. The van der Waals surface area contributed by atoms with Gasteiger partial charge in [-0.1, -0.05) is 17.7 Å². The average molecular weight is 297 g/mol. The second kappa shape index (κ2) is 6.02. The summed E-state index contributed by atoms with van der Waals surface area (Å²) in [6, 6.07) is 5.77. The van der Waals surface area contributed by atoms with Gasteiger partial charge in [-0.25, -0.2) is 4.39 Å². The third-order valence-electron chi connectivity index (χ3n) is 2.55. The molecular formula is C13H14ClFN4O. The summed E-state index contributed by atoms with van der Waals surface area (Å²) >= 11 is 5.83. The molecule has 0 spiro atoms. The van der Waals surface area contributed by atoms with Gasteiger partial charge in [-0.2, -0.15) is 5.10 Å². The molecule has 0 unspecified atom stereocenters. The van der Waals surface area contributed by atoms with Gasteiger partial charge in [-0.15, -0.1) is 0 Å². The SMILES string of the molecule is CN(C)Cc1cc(NC(=O)c2c(F)cccc2Cl)n[nH]1. The van der Waals surface area contributed by atoms with Crippen LogP contribution in [-0.2, 0) is 6.54 Å². The molecule has 0 radical (unpaired) electrons. The van der Waals surface area contributed by atoms with Crippen molar-refractivity contribution in [3.05, 3.63) is 46.4 Å². The lowest BCUT2D eigenvalue weighted by Crippen LogP contribution is -2.14. The molecule has 0 aliphatic carbocycles. The van der Waals surface area contributed by atoms with Crippen LogP contribution < -0.4 is 5.32 Å². The second-order valence-electron chi connectivity index (χ2n) is 4.57. The van der Waals surface area contributed by atoms with Gasteiger partial charge in [0.1, 0.15) is 5.82 Å². The van der Waals surface area contributed by atoms with Crippen LogP contribution in [-0.4, -0.2) is 35.1 Å². The third kappa shape index (κ3) is 3.34. The minimum Gasteiger partial charge on any atom is -0.305 e. The number of anilines is 1. The molecule has 2 N–H and O–H groups in total. The van der Waals surface area contributed by atoms with Crippen LogP contribution in [0.5, 0.6) is 0 Å². The van der Waals surface area contributed by atoms with E-state index in [0.717, 1.165) is 5.69 Å². The quantitative estimate of drug-likeness (QED) is 0.911. The van der Waals surface area contributed by atoms with Gasteiger partial charge in [0.2, 0.25) is 0 Å². The van der Waals surface area contributed by atoms with Crippen molar-refractivity contribution < 1.29 is 9.18 Å². The number of benzene rings is 1. The van der Waals surface area contributed by atoms with Crippen LogP contribution in [0.3, 0.4) is 0 Å². The number of nitrogens with one attached hydrogen (secondary N) is 2. The summed E-state index contributed by atoms with van der Waals surface area (Å²) in [6.07, 6.45) is 0. The van der Waals surface area contributed by atoms with Crippen LogP contribution in [0.15, 0.2) is 24.3 Å². The van der Waals surface area contributed by atoms with Crippen molar-refractivity contribution in [2.75, 3.05) is 19.4 Å². The summed E-state index contributed by atoms with van der Waals surface area (Å²) in [4.78, 5) is 13.9. The van der Waals surface area contributed by atoms with Gasteiger partial charge in [0, 0.05) is 12.6 Å². The number of hydrogen-bond acceptors (Lipinski definition) is 3. The lowest BCUT2D eigenvalue weighted by atomic mass is 10.2.